The van der Waals surface area contributed by atoms with Crippen molar-refractivity contribution in [2.24, 2.45) is 0 Å². The minimum atomic E-state index is -0.159. The summed E-state index contributed by atoms with van der Waals surface area (Å²) < 4.78 is 0. The maximum Gasteiger partial charge on any atom is 0.251 e. The number of benzene rings is 2. The van der Waals surface area contributed by atoms with Gasteiger partial charge in [0.2, 0.25) is 5.91 Å². The van der Waals surface area contributed by atoms with Crippen LogP contribution in [0.1, 0.15) is 15.9 Å². The topological polar surface area (TPSA) is 61.4 Å². The van der Waals surface area contributed by atoms with Crippen molar-refractivity contribution in [3.63, 3.8) is 0 Å². The number of amides is 2. The van der Waals surface area contributed by atoms with Crippen LogP contribution in [0.2, 0.25) is 0 Å². The fourth-order valence-electron chi connectivity index (χ4n) is 2.53. The Hall–Kier alpha value is -3.34. The molecule has 0 radical (unpaired) electrons. The summed E-state index contributed by atoms with van der Waals surface area (Å²) >= 11 is 0. The van der Waals surface area contributed by atoms with Crippen LogP contribution in [0.25, 0.3) is 0 Å². The third-order valence-corrected chi connectivity index (χ3v) is 3.92. The van der Waals surface area contributed by atoms with E-state index in [4.69, 9.17) is 0 Å². The van der Waals surface area contributed by atoms with Crippen LogP contribution in [0.5, 0.6) is 0 Å². The van der Waals surface area contributed by atoms with Gasteiger partial charge in [0.1, 0.15) is 0 Å². The van der Waals surface area contributed by atoms with E-state index in [9.17, 15) is 9.59 Å². The van der Waals surface area contributed by atoms with Crippen LogP contribution in [0.4, 0.5) is 5.69 Å². The summed E-state index contributed by atoms with van der Waals surface area (Å²) in [5.74, 6) is -0.220. The zero-order chi connectivity index (χ0) is 19.5. The first-order valence-electron chi connectivity index (χ1n) is 8.79. The molecule has 5 nitrogen and oxygen atoms in total. The Morgan fingerprint density at radius 2 is 1.67 bits per heavy atom. The lowest BCUT2D eigenvalue weighted by atomic mass is 10.1. The van der Waals surface area contributed by atoms with Crippen molar-refractivity contribution in [3.05, 3.63) is 91.0 Å². The van der Waals surface area contributed by atoms with Gasteiger partial charge in [-0.15, -0.1) is 13.2 Å². The molecule has 0 saturated heterocycles. The van der Waals surface area contributed by atoms with Crippen LogP contribution in [0.15, 0.2) is 79.9 Å². The molecule has 0 aromatic heterocycles. The fraction of sp³-hybridized carbons (Fsp3) is 0.182. The van der Waals surface area contributed by atoms with E-state index in [1.807, 2.05) is 36.4 Å². The van der Waals surface area contributed by atoms with E-state index in [0.717, 1.165) is 5.56 Å². The summed E-state index contributed by atoms with van der Waals surface area (Å²) in [6.45, 7) is 8.86. The van der Waals surface area contributed by atoms with Crippen LogP contribution in [-0.2, 0) is 11.3 Å². The van der Waals surface area contributed by atoms with Crippen LogP contribution in [0, 0.1) is 0 Å². The average molecular weight is 363 g/mol. The molecule has 2 N–H and O–H groups in total. The zero-order valence-corrected chi connectivity index (χ0v) is 15.4. The number of nitrogens with zero attached hydrogens (tertiary/aromatic N) is 1. The number of anilines is 1. The van der Waals surface area contributed by atoms with Gasteiger partial charge < -0.3 is 15.5 Å². The molecule has 0 bridgehead atoms. The molecule has 2 aromatic carbocycles. The predicted molar refractivity (Wildman–Crippen MR) is 110 cm³/mol. The van der Waals surface area contributed by atoms with E-state index in [-0.39, 0.29) is 18.4 Å². The number of nitrogens with one attached hydrogen (secondary N) is 2. The van der Waals surface area contributed by atoms with Gasteiger partial charge in [-0.05, 0) is 23.8 Å². The molecule has 0 aliphatic carbocycles. The highest BCUT2D eigenvalue weighted by molar-refractivity contribution is 5.95. The Labute approximate surface area is 160 Å². The van der Waals surface area contributed by atoms with Gasteiger partial charge in [-0.2, -0.15) is 0 Å². The normalized spacial score (nSPS) is 9.93. The summed E-state index contributed by atoms with van der Waals surface area (Å²) in [7, 11) is 0. The van der Waals surface area contributed by atoms with Crippen molar-refractivity contribution in [2.75, 3.05) is 25.0 Å². The van der Waals surface area contributed by atoms with Crippen LogP contribution in [0.3, 0.4) is 0 Å². The molecule has 2 amide bonds. The molecule has 0 aliphatic rings. The van der Waals surface area contributed by atoms with Gasteiger partial charge >= 0.3 is 0 Å². The first-order valence-corrected chi connectivity index (χ1v) is 8.79. The number of hydrogen-bond acceptors (Lipinski definition) is 3. The van der Waals surface area contributed by atoms with E-state index in [0.29, 0.717) is 30.9 Å². The molecule has 0 spiro atoms. The van der Waals surface area contributed by atoms with Crippen molar-refractivity contribution in [2.45, 2.75) is 6.54 Å². The molecule has 27 heavy (non-hydrogen) atoms. The van der Waals surface area contributed by atoms with Crippen LogP contribution >= 0.6 is 0 Å². The van der Waals surface area contributed by atoms with Gasteiger partial charge in [-0.1, -0.05) is 48.6 Å². The smallest absolute Gasteiger partial charge is 0.251 e. The van der Waals surface area contributed by atoms with Gasteiger partial charge in [-0.25, -0.2) is 0 Å². The molecule has 0 saturated carbocycles. The second kappa shape index (κ2) is 10.6. The van der Waals surface area contributed by atoms with Gasteiger partial charge in [0, 0.05) is 30.9 Å². The fourth-order valence-corrected chi connectivity index (χ4v) is 2.53. The Morgan fingerprint density at radius 1 is 0.963 bits per heavy atom. The zero-order valence-electron chi connectivity index (χ0n) is 15.4. The Bertz CT molecular complexity index is 777. The summed E-state index contributed by atoms with van der Waals surface area (Å²) in [6.07, 6.45) is 3.36. The van der Waals surface area contributed by atoms with Crippen molar-refractivity contribution in [3.8, 4) is 0 Å². The van der Waals surface area contributed by atoms with Crippen LogP contribution in [-0.4, -0.2) is 36.3 Å². The van der Waals surface area contributed by atoms with E-state index in [1.54, 1.807) is 35.3 Å². The summed E-state index contributed by atoms with van der Waals surface area (Å²) in [6, 6.07) is 16.8. The minimum Gasteiger partial charge on any atom is -0.376 e. The first kappa shape index (κ1) is 20.0. The van der Waals surface area contributed by atoms with Crippen LogP contribution < -0.4 is 10.6 Å². The van der Waals surface area contributed by atoms with Gasteiger partial charge in [0.25, 0.3) is 5.91 Å². The molecule has 0 fully saturated rings. The van der Waals surface area contributed by atoms with Crippen molar-refractivity contribution < 1.29 is 9.59 Å². The third kappa shape index (κ3) is 6.47. The minimum absolute atomic E-state index is 0.0614. The summed E-state index contributed by atoms with van der Waals surface area (Å²) in [4.78, 5) is 26.3. The number of carbonyl (C=O) groups is 2. The van der Waals surface area contributed by atoms with E-state index in [1.165, 1.54) is 0 Å². The molecule has 140 valence electrons. The van der Waals surface area contributed by atoms with Gasteiger partial charge in [-0.3, -0.25) is 9.59 Å². The Kier molecular flexibility index (Phi) is 7.85. The standard InChI is InChI=1S/C22H25N3O2/c1-3-13-25(14-4-2)21(26)17-23-20-12-8-11-19(15-20)22(27)24-16-18-9-6-5-7-10-18/h3-12,15,23H,1-2,13-14,16-17H2,(H,24,27). The number of rotatable bonds is 10. The highest BCUT2D eigenvalue weighted by Gasteiger charge is 2.11. The highest BCUT2D eigenvalue weighted by Crippen LogP contribution is 2.11. The largest absolute Gasteiger partial charge is 0.376 e. The van der Waals surface area contributed by atoms with Crippen molar-refractivity contribution in [1.82, 2.24) is 10.2 Å². The first-order chi connectivity index (χ1) is 13.1. The summed E-state index contributed by atoms with van der Waals surface area (Å²) in [5.41, 5.74) is 2.29. The monoisotopic (exact) mass is 363 g/mol. The maximum absolute atomic E-state index is 12.4. The summed E-state index contributed by atoms with van der Waals surface area (Å²) in [5, 5.41) is 5.97. The Balaban J connectivity index is 1.92. The highest BCUT2D eigenvalue weighted by atomic mass is 16.2. The average Bonchev–Trinajstić information content (AvgIpc) is 2.71. The van der Waals surface area contributed by atoms with E-state index < -0.39 is 0 Å². The molecule has 0 atom stereocenters. The maximum atomic E-state index is 12.4. The van der Waals surface area contributed by atoms with Crippen molar-refractivity contribution in [1.29, 1.82) is 0 Å². The molecule has 5 heteroatoms. The molecule has 0 heterocycles. The van der Waals surface area contributed by atoms with Crippen molar-refractivity contribution >= 4 is 17.5 Å². The molecular formula is C22H25N3O2. The molecular weight excluding hydrogens is 338 g/mol. The predicted octanol–water partition coefficient (Wildman–Crippen LogP) is 3.23. The van der Waals surface area contributed by atoms with Gasteiger partial charge in [0.15, 0.2) is 0 Å². The lowest BCUT2D eigenvalue weighted by Crippen LogP contribution is -2.35. The van der Waals surface area contributed by atoms with E-state index in [2.05, 4.69) is 23.8 Å². The second-order valence-corrected chi connectivity index (χ2v) is 5.98. The number of hydrogen-bond donors (Lipinski definition) is 2. The second-order valence-electron chi connectivity index (χ2n) is 5.98. The molecule has 2 rings (SSSR count). The lowest BCUT2D eigenvalue weighted by molar-refractivity contribution is -0.128. The number of carbonyl (C=O) groups excluding carboxylic acids is 2. The third-order valence-electron chi connectivity index (χ3n) is 3.92. The quantitative estimate of drug-likeness (QED) is 0.637. The SMILES string of the molecule is C=CCN(CC=C)C(=O)CNc1cccc(C(=O)NCc2ccccc2)c1. The van der Waals surface area contributed by atoms with E-state index >= 15 is 0 Å². The molecule has 0 aliphatic heterocycles. The molecule has 0 unspecified atom stereocenters. The Morgan fingerprint density at radius 3 is 2.33 bits per heavy atom. The molecule has 2 aromatic rings. The lowest BCUT2D eigenvalue weighted by Gasteiger charge is -2.19. The van der Waals surface area contributed by atoms with Gasteiger partial charge in [0.05, 0.1) is 6.54 Å².